The van der Waals surface area contributed by atoms with Crippen molar-refractivity contribution in [2.24, 2.45) is 0 Å². The average molecular weight is 157 g/mol. The molecule has 3 nitrogen and oxygen atoms in total. The van der Waals surface area contributed by atoms with Gasteiger partial charge in [-0.3, -0.25) is 9.59 Å². The molecule has 0 atom stereocenters. The van der Waals surface area contributed by atoms with Gasteiger partial charge < -0.3 is 4.74 Å². The fourth-order valence-corrected chi connectivity index (χ4v) is 0.515. The summed E-state index contributed by atoms with van der Waals surface area (Å²) in [5, 5.41) is 0. The number of ether oxygens (including phenoxy) is 1. The first-order valence-corrected chi connectivity index (χ1v) is 3.67. The summed E-state index contributed by atoms with van der Waals surface area (Å²) in [7, 11) is 0. The summed E-state index contributed by atoms with van der Waals surface area (Å²) in [5.74, 6) is -0.633. The van der Waals surface area contributed by atoms with Crippen molar-refractivity contribution in [2.45, 2.75) is 33.1 Å². The molecule has 0 bridgehead atoms. The maximum atomic E-state index is 10.7. The van der Waals surface area contributed by atoms with E-state index in [9.17, 15) is 9.59 Å². The Morgan fingerprint density at radius 1 is 1.45 bits per heavy atom. The minimum absolute atomic E-state index is 0.125. The first-order chi connectivity index (χ1) is 5.16. The molecule has 0 saturated carbocycles. The number of esters is 1. The summed E-state index contributed by atoms with van der Waals surface area (Å²) < 4.78 is 4.61. The molecule has 0 aliphatic carbocycles. The highest BCUT2D eigenvalue weighted by atomic mass is 16.5. The second kappa shape index (κ2) is 5.89. The van der Waals surface area contributed by atoms with Crippen LogP contribution in [0.3, 0.4) is 0 Å². The standard InChI is InChI=1S/C8H13O3/c1-3-4-5-11-8(10)6-7(2)9/h5H,3-4,6H2,1-2H3. The summed E-state index contributed by atoms with van der Waals surface area (Å²) in [6, 6.07) is 0. The largest absolute Gasteiger partial charge is 0.458 e. The highest BCUT2D eigenvalue weighted by Gasteiger charge is 2.05. The van der Waals surface area contributed by atoms with E-state index < -0.39 is 5.97 Å². The van der Waals surface area contributed by atoms with E-state index in [-0.39, 0.29) is 12.2 Å². The molecule has 0 rings (SSSR count). The predicted molar refractivity (Wildman–Crippen MR) is 40.6 cm³/mol. The molecule has 0 aromatic carbocycles. The van der Waals surface area contributed by atoms with Gasteiger partial charge in [-0.05, 0) is 13.3 Å². The van der Waals surface area contributed by atoms with Gasteiger partial charge in [0.05, 0.1) is 0 Å². The Morgan fingerprint density at radius 3 is 2.55 bits per heavy atom. The molecule has 0 aliphatic heterocycles. The van der Waals surface area contributed by atoms with Crippen molar-refractivity contribution in [1.29, 1.82) is 0 Å². The van der Waals surface area contributed by atoms with Gasteiger partial charge in [-0.15, -0.1) is 0 Å². The average Bonchev–Trinajstić information content (AvgIpc) is 1.86. The summed E-state index contributed by atoms with van der Waals surface area (Å²) in [4.78, 5) is 21.0. The van der Waals surface area contributed by atoms with Crippen molar-refractivity contribution in [3.63, 3.8) is 0 Å². The van der Waals surface area contributed by atoms with Crippen molar-refractivity contribution in [3.8, 4) is 0 Å². The van der Waals surface area contributed by atoms with Gasteiger partial charge >= 0.3 is 5.97 Å². The Kier molecular flexibility index (Phi) is 5.43. The van der Waals surface area contributed by atoms with Crippen LogP contribution in [0.2, 0.25) is 0 Å². The number of hydrogen-bond donors (Lipinski definition) is 0. The molecule has 11 heavy (non-hydrogen) atoms. The third-order valence-corrected chi connectivity index (χ3v) is 1.01. The maximum Gasteiger partial charge on any atom is 0.313 e. The highest BCUT2D eigenvalue weighted by molar-refractivity contribution is 5.94. The Hall–Kier alpha value is -0.860. The second-order valence-corrected chi connectivity index (χ2v) is 2.32. The number of unbranched alkanes of at least 4 members (excludes halogenated alkanes) is 1. The quantitative estimate of drug-likeness (QED) is 0.345. The zero-order valence-corrected chi connectivity index (χ0v) is 6.92. The molecule has 0 saturated heterocycles. The van der Waals surface area contributed by atoms with E-state index in [4.69, 9.17) is 0 Å². The zero-order valence-electron chi connectivity index (χ0n) is 6.92. The highest BCUT2D eigenvalue weighted by Crippen LogP contribution is 1.96. The van der Waals surface area contributed by atoms with Gasteiger partial charge in [-0.25, -0.2) is 0 Å². The van der Waals surface area contributed by atoms with E-state index in [1.54, 1.807) is 0 Å². The molecule has 0 N–H and O–H groups in total. The Morgan fingerprint density at radius 2 is 2.09 bits per heavy atom. The van der Waals surface area contributed by atoms with Crippen LogP contribution in [0.1, 0.15) is 33.1 Å². The fourth-order valence-electron chi connectivity index (χ4n) is 0.515. The topological polar surface area (TPSA) is 43.4 Å². The molecule has 0 aromatic heterocycles. The number of Topliss-reactive ketones (excluding diaryl/α,β-unsaturated/α-hetero) is 1. The van der Waals surface area contributed by atoms with Gasteiger partial charge in [0.25, 0.3) is 0 Å². The molecule has 3 heteroatoms. The molecule has 0 heterocycles. The predicted octanol–water partition coefficient (Wildman–Crippen LogP) is 1.47. The van der Waals surface area contributed by atoms with Gasteiger partial charge in [0.1, 0.15) is 18.8 Å². The van der Waals surface area contributed by atoms with Crippen molar-refractivity contribution in [1.82, 2.24) is 0 Å². The molecular weight excluding hydrogens is 144 g/mol. The summed E-state index contributed by atoms with van der Waals surface area (Å²) >= 11 is 0. The van der Waals surface area contributed by atoms with Crippen molar-refractivity contribution in [3.05, 3.63) is 6.61 Å². The Labute approximate surface area is 66.7 Å². The number of ketones is 1. The molecule has 1 radical (unpaired) electrons. The lowest BCUT2D eigenvalue weighted by Gasteiger charge is -1.99. The van der Waals surface area contributed by atoms with Crippen molar-refractivity contribution >= 4 is 11.8 Å². The zero-order chi connectivity index (χ0) is 8.69. The lowest BCUT2D eigenvalue weighted by molar-refractivity contribution is -0.142. The van der Waals surface area contributed by atoms with Gasteiger partial charge in [-0.1, -0.05) is 13.3 Å². The van der Waals surface area contributed by atoms with Gasteiger partial charge in [0, 0.05) is 0 Å². The Bertz CT molecular complexity index is 140. The van der Waals surface area contributed by atoms with E-state index in [0.717, 1.165) is 12.8 Å². The van der Waals surface area contributed by atoms with Crippen LogP contribution >= 0.6 is 0 Å². The van der Waals surface area contributed by atoms with Gasteiger partial charge in [0.15, 0.2) is 0 Å². The minimum atomic E-state index is -0.467. The van der Waals surface area contributed by atoms with Crippen LogP contribution in [0.15, 0.2) is 0 Å². The van der Waals surface area contributed by atoms with Gasteiger partial charge in [-0.2, -0.15) is 0 Å². The number of carbonyl (C=O) groups excluding carboxylic acids is 2. The first-order valence-electron chi connectivity index (χ1n) is 3.67. The van der Waals surface area contributed by atoms with E-state index in [1.165, 1.54) is 13.5 Å². The summed E-state index contributed by atoms with van der Waals surface area (Å²) in [5.41, 5.74) is 0. The fraction of sp³-hybridized carbons (Fsp3) is 0.625. The molecule has 63 valence electrons. The van der Waals surface area contributed by atoms with Crippen LogP contribution in [0.5, 0.6) is 0 Å². The van der Waals surface area contributed by atoms with Crippen molar-refractivity contribution in [2.75, 3.05) is 0 Å². The lowest BCUT2D eigenvalue weighted by atomic mass is 10.3. The molecule has 0 spiro atoms. The third-order valence-electron chi connectivity index (χ3n) is 1.01. The van der Waals surface area contributed by atoms with E-state index in [1.807, 2.05) is 6.92 Å². The second-order valence-electron chi connectivity index (χ2n) is 2.32. The van der Waals surface area contributed by atoms with Crippen LogP contribution in [0, 0.1) is 6.61 Å². The van der Waals surface area contributed by atoms with Crippen LogP contribution in [0.4, 0.5) is 0 Å². The third kappa shape index (κ3) is 7.03. The maximum absolute atomic E-state index is 10.7. The number of rotatable bonds is 5. The smallest absolute Gasteiger partial charge is 0.313 e. The number of hydrogen-bond acceptors (Lipinski definition) is 3. The lowest BCUT2D eigenvalue weighted by Crippen LogP contribution is -2.06. The number of carbonyl (C=O) groups is 2. The summed E-state index contributed by atoms with van der Waals surface area (Å²) in [6.07, 6.45) is 1.55. The van der Waals surface area contributed by atoms with Crippen LogP contribution in [-0.4, -0.2) is 11.8 Å². The van der Waals surface area contributed by atoms with Crippen LogP contribution < -0.4 is 0 Å². The molecule has 0 unspecified atom stereocenters. The Balaban J connectivity index is 3.30. The molecule has 0 amide bonds. The summed E-state index contributed by atoms with van der Waals surface area (Å²) in [6.45, 7) is 4.78. The normalized spacial score (nSPS) is 9.27. The monoisotopic (exact) mass is 157 g/mol. The van der Waals surface area contributed by atoms with Gasteiger partial charge in [0.2, 0.25) is 0 Å². The molecule has 0 fully saturated rings. The minimum Gasteiger partial charge on any atom is -0.458 e. The van der Waals surface area contributed by atoms with E-state index >= 15 is 0 Å². The van der Waals surface area contributed by atoms with Crippen molar-refractivity contribution < 1.29 is 14.3 Å². The molecular formula is C8H13O3. The van der Waals surface area contributed by atoms with Crippen LogP contribution in [-0.2, 0) is 14.3 Å². The van der Waals surface area contributed by atoms with Crippen LogP contribution in [0.25, 0.3) is 0 Å². The first kappa shape index (κ1) is 10.1. The van der Waals surface area contributed by atoms with E-state index in [0.29, 0.717) is 0 Å². The SMILES string of the molecule is CCC[CH]OC(=O)CC(C)=O. The van der Waals surface area contributed by atoms with E-state index in [2.05, 4.69) is 4.74 Å². The molecule has 0 aromatic rings. The molecule has 0 aliphatic rings.